The van der Waals surface area contributed by atoms with E-state index in [0.29, 0.717) is 68.9 Å². The van der Waals surface area contributed by atoms with Gasteiger partial charge in [-0.2, -0.15) is 0 Å². The number of aliphatic hydroxyl groups excluding tert-OH is 2. The fourth-order valence-electron chi connectivity index (χ4n) is 9.67. The van der Waals surface area contributed by atoms with Crippen LogP contribution in [0.15, 0.2) is 57.9 Å². The quantitative estimate of drug-likeness (QED) is 0.178. The van der Waals surface area contributed by atoms with E-state index >= 15 is 0 Å². The van der Waals surface area contributed by atoms with Crippen molar-refractivity contribution in [2.24, 2.45) is 0 Å². The number of carbonyl (C=O) groups excluding carboxylic acids is 1. The topological polar surface area (TPSA) is 141 Å². The molecule has 336 valence electrons. The van der Waals surface area contributed by atoms with Crippen molar-refractivity contribution in [1.82, 2.24) is 0 Å². The van der Waals surface area contributed by atoms with Gasteiger partial charge >= 0.3 is 200 Å². The zero-order valence-electron chi connectivity index (χ0n) is 37.7. The van der Waals surface area contributed by atoms with E-state index in [2.05, 4.69) is 34.7 Å². The summed E-state index contributed by atoms with van der Waals surface area (Å²) in [6.45, 7) is 7.76. The third kappa shape index (κ3) is 7.14. The molecule has 0 aliphatic carbocycles. The first-order chi connectivity index (χ1) is 30.4. The number of Topliss-reactive ketones (excluding diaryl/α,β-unsaturated/α-hetero) is 1. The molecular formula is C50H53FO12Sn. The van der Waals surface area contributed by atoms with Crippen LogP contribution >= 0.6 is 0 Å². The number of benzene rings is 4. The van der Waals surface area contributed by atoms with Crippen molar-refractivity contribution >= 4 is 47.6 Å². The van der Waals surface area contributed by atoms with Crippen LogP contribution in [-0.2, 0) is 18.0 Å². The van der Waals surface area contributed by atoms with Gasteiger partial charge < -0.3 is 29.2 Å². The summed E-state index contributed by atoms with van der Waals surface area (Å²) < 4.78 is 69.8. The minimum Gasteiger partial charge on any atom is -0.496 e. The molecule has 6 heterocycles. The number of ether oxygens (including phenoxy) is 9. The zero-order valence-corrected chi connectivity index (χ0v) is 40.5. The predicted octanol–water partition coefficient (Wildman–Crippen LogP) is 9.08. The molecule has 6 aliphatic heterocycles. The summed E-state index contributed by atoms with van der Waals surface area (Å²) in [6, 6.07) is 14.5. The van der Waals surface area contributed by atoms with Crippen LogP contribution in [0.25, 0.3) is 23.5 Å². The van der Waals surface area contributed by atoms with Gasteiger partial charge in [0.1, 0.15) is 41.5 Å². The molecular weight excluding hydrogens is 929 g/mol. The molecule has 0 aromatic heterocycles. The maximum absolute atomic E-state index is 14.5. The van der Waals surface area contributed by atoms with Crippen LogP contribution in [0.4, 0.5) is 4.39 Å². The SMILES string of the molecule is COC1=C2c3cc(OC)c(CO)cc3OC[C@H]2Oc2c1ccc1c2C=[C]([Sn]([CH3])([CH3])[CH3])C(C)(C)O1.COc1cc2c(cc1CO)OC[C@H]1Oc3c(ccc4c3C=C([18F])C(C)(C)O4)C(=O)[C@@H]21. The van der Waals surface area contributed by atoms with Crippen molar-refractivity contribution in [3.05, 3.63) is 102 Å². The average Bonchev–Trinajstić information content (AvgIpc) is 3.26. The fraction of sp³-hybridized carbons (Fsp3) is 0.380. The molecule has 0 radical (unpaired) electrons. The molecule has 4 aromatic rings. The standard InChI is InChI=1S/C24H23O6.C23H21FO6.3CH3.Sn/c1-24(2)8-7-14-17(30-24)6-5-15-22(14)29-20-12-28-19-9-13(11-25)18(26-3)10-16(19)21(20)23(15)27-4;1-23(2)19(24)8-14-15(30-23)5-4-12-21(26)20-13-7-16(27-3)11(9-25)6-17(13)28-10-18(20)29-22(12)14;;;;/h5-7,9-10,20,25H,11-12H2,1-4H3;4-8,18,20,25H,9-10H2,1-3H3;3*1H3;/t20-;18-,20+;;;;/m11..../s1/i;24-1;;;;. The van der Waals surface area contributed by atoms with Crippen LogP contribution in [0.1, 0.15) is 82.9 Å². The van der Waals surface area contributed by atoms with Gasteiger partial charge in [-0.3, -0.25) is 4.79 Å². The molecule has 0 fully saturated rings. The Morgan fingerprint density at radius 1 is 0.703 bits per heavy atom. The average molecular weight is 983 g/mol. The number of ketones is 1. The predicted molar refractivity (Wildman–Crippen MR) is 241 cm³/mol. The Kier molecular flexibility index (Phi) is 10.9. The van der Waals surface area contributed by atoms with Gasteiger partial charge in [0.25, 0.3) is 0 Å². The molecule has 64 heavy (non-hydrogen) atoms. The van der Waals surface area contributed by atoms with Crippen LogP contribution in [-0.4, -0.2) is 92.3 Å². The maximum atomic E-state index is 14.5. The van der Waals surface area contributed by atoms with Crippen molar-refractivity contribution < 1.29 is 62.0 Å². The number of hydrogen-bond donors (Lipinski definition) is 2. The Labute approximate surface area is 376 Å². The Bertz CT molecular complexity index is 2710. The molecule has 12 nitrogen and oxygen atoms in total. The van der Waals surface area contributed by atoms with Crippen LogP contribution in [0.5, 0.6) is 46.0 Å². The molecule has 0 spiro atoms. The van der Waals surface area contributed by atoms with E-state index in [-0.39, 0.29) is 37.3 Å². The van der Waals surface area contributed by atoms with E-state index in [1.54, 1.807) is 52.3 Å². The van der Waals surface area contributed by atoms with Crippen molar-refractivity contribution in [2.75, 3.05) is 34.5 Å². The normalized spacial score (nSPS) is 21.3. The molecule has 14 heteroatoms. The van der Waals surface area contributed by atoms with Crippen molar-refractivity contribution in [2.45, 2.75) is 85.1 Å². The number of aliphatic hydroxyl groups is 2. The second-order valence-corrected chi connectivity index (χ2v) is 33.0. The first-order valence-corrected chi connectivity index (χ1v) is 31.3. The molecule has 10 rings (SSSR count). The van der Waals surface area contributed by atoms with Gasteiger partial charge in [0.05, 0.1) is 30.8 Å². The molecule has 4 aromatic carbocycles. The Morgan fingerprint density at radius 2 is 1.30 bits per heavy atom. The molecule has 3 atom stereocenters. The number of hydrogen-bond acceptors (Lipinski definition) is 12. The van der Waals surface area contributed by atoms with Gasteiger partial charge in [-0.25, -0.2) is 4.39 Å². The second kappa shape index (κ2) is 15.9. The van der Waals surface area contributed by atoms with E-state index in [1.165, 1.54) is 16.8 Å². The summed E-state index contributed by atoms with van der Waals surface area (Å²) in [5, 5.41) is 19.3. The van der Waals surface area contributed by atoms with Gasteiger partial charge in [-0.1, -0.05) is 0 Å². The summed E-state index contributed by atoms with van der Waals surface area (Å²) in [6.07, 6.45) is 2.77. The summed E-state index contributed by atoms with van der Waals surface area (Å²) in [7, 11) is 4.79. The van der Waals surface area contributed by atoms with Crippen molar-refractivity contribution in [3.8, 4) is 46.0 Å². The summed E-state index contributed by atoms with van der Waals surface area (Å²) >= 11 is -2.46. The van der Waals surface area contributed by atoms with Crippen LogP contribution < -0.4 is 37.9 Å². The second-order valence-electron chi connectivity index (χ2n) is 18.6. The number of fused-ring (bicyclic) bond motifs is 12. The van der Waals surface area contributed by atoms with Crippen LogP contribution in [0.3, 0.4) is 0 Å². The van der Waals surface area contributed by atoms with Gasteiger partial charge in [-0.15, -0.1) is 0 Å². The van der Waals surface area contributed by atoms with Crippen molar-refractivity contribution in [3.63, 3.8) is 0 Å². The number of methoxy groups -OCH3 is 3. The maximum Gasteiger partial charge on any atom is 0.178 e. The van der Waals surface area contributed by atoms with Gasteiger partial charge in [0.2, 0.25) is 0 Å². The first-order valence-electron chi connectivity index (χ1n) is 21.3. The molecule has 6 aliphatic rings. The summed E-state index contributed by atoms with van der Waals surface area (Å²) in [5.41, 5.74) is 4.95. The molecule has 2 N–H and O–H groups in total. The summed E-state index contributed by atoms with van der Waals surface area (Å²) in [4.78, 5) is 20.7. The third-order valence-corrected chi connectivity index (χ3v) is 19.4. The van der Waals surface area contributed by atoms with E-state index in [1.807, 2.05) is 24.3 Å². The van der Waals surface area contributed by atoms with E-state index < -0.39 is 41.8 Å². The van der Waals surface area contributed by atoms with Gasteiger partial charge in [-0.05, 0) is 44.2 Å². The zero-order chi connectivity index (χ0) is 45.6. The molecule has 0 saturated heterocycles. The van der Waals surface area contributed by atoms with E-state index in [0.717, 1.165) is 39.5 Å². The van der Waals surface area contributed by atoms with Gasteiger partial charge in [0, 0.05) is 11.1 Å². The smallest absolute Gasteiger partial charge is 0.178 e. The Hall–Kier alpha value is -5.38. The Balaban J connectivity index is 0.000000163. The number of halogens is 1. The summed E-state index contributed by atoms with van der Waals surface area (Å²) in [5.74, 6) is 4.28. The van der Waals surface area contributed by atoms with Gasteiger partial charge in [0.15, 0.2) is 11.4 Å². The van der Waals surface area contributed by atoms with Crippen molar-refractivity contribution in [1.29, 1.82) is 0 Å². The van der Waals surface area contributed by atoms with E-state index in [9.17, 15) is 19.4 Å². The minimum absolute atomic E-state index is 0.130. The molecule has 0 bridgehead atoms. The largest absolute Gasteiger partial charge is 0.496 e. The molecule has 0 amide bonds. The first kappa shape index (κ1) is 43.9. The number of rotatable bonds is 6. The molecule has 0 saturated carbocycles. The molecule has 0 unspecified atom stereocenters. The fourth-order valence-corrected chi connectivity index (χ4v) is 16.6. The van der Waals surface area contributed by atoms with E-state index in [4.69, 9.17) is 42.6 Å². The Morgan fingerprint density at radius 3 is 1.94 bits per heavy atom. The monoisotopic (exact) mass is 983 g/mol. The number of carbonyl (C=O) groups is 1. The van der Waals surface area contributed by atoms with Crippen LogP contribution in [0, 0.1) is 0 Å². The minimum atomic E-state index is -2.46. The van der Waals surface area contributed by atoms with Crippen LogP contribution in [0.2, 0.25) is 14.8 Å². The third-order valence-electron chi connectivity index (χ3n) is 12.7.